The first-order chi connectivity index (χ1) is 9.60. The van der Waals surface area contributed by atoms with E-state index in [1.165, 1.54) is 51.6 Å². The van der Waals surface area contributed by atoms with Crippen LogP contribution in [0.5, 0.6) is 0 Å². The van der Waals surface area contributed by atoms with Crippen molar-refractivity contribution in [2.75, 3.05) is 13.1 Å². The summed E-state index contributed by atoms with van der Waals surface area (Å²) in [6.45, 7) is 14.4. The molecule has 0 amide bonds. The van der Waals surface area contributed by atoms with Gasteiger partial charge in [0.15, 0.2) is 0 Å². The van der Waals surface area contributed by atoms with Crippen LogP contribution in [-0.4, -0.2) is 35.6 Å². The summed E-state index contributed by atoms with van der Waals surface area (Å²) in [7, 11) is 0. The molecule has 4 atom stereocenters. The summed E-state index contributed by atoms with van der Waals surface area (Å²) in [5.41, 5.74) is 0.371. The molecule has 0 aromatic carbocycles. The molecule has 0 aromatic heterocycles. The topological polar surface area (TPSA) is 15.3 Å². The maximum Gasteiger partial charge on any atom is 0.0304 e. The van der Waals surface area contributed by atoms with Crippen LogP contribution in [0.25, 0.3) is 0 Å². The van der Waals surface area contributed by atoms with Crippen molar-refractivity contribution < 1.29 is 0 Å². The van der Waals surface area contributed by atoms with Gasteiger partial charge in [-0.25, -0.2) is 0 Å². The molecule has 1 N–H and O–H groups in total. The Labute approximate surface area is 126 Å². The first-order valence-corrected chi connectivity index (χ1v) is 9.11. The van der Waals surface area contributed by atoms with Crippen molar-refractivity contribution in [2.45, 2.75) is 90.8 Å². The number of rotatable bonds is 5. The average Bonchev–Trinajstić information content (AvgIpc) is 2.87. The summed E-state index contributed by atoms with van der Waals surface area (Å²) in [5.74, 6) is 1.85. The third-order valence-electron chi connectivity index (χ3n) is 6.63. The molecule has 2 rings (SSSR count). The molecule has 0 bridgehead atoms. The summed E-state index contributed by atoms with van der Waals surface area (Å²) in [5, 5.41) is 3.88. The van der Waals surface area contributed by atoms with Gasteiger partial charge >= 0.3 is 0 Å². The van der Waals surface area contributed by atoms with E-state index >= 15 is 0 Å². The van der Waals surface area contributed by atoms with Crippen LogP contribution in [0.4, 0.5) is 0 Å². The van der Waals surface area contributed by atoms with Crippen molar-refractivity contribution in [2.24, 2.45) is 11.8 Å². The van der Waals surface area contributed by atoms with Crippen molar-refractivity contribution in [1.82, 2.24) is 10.2 Å². The Balaban J connectivity index is 2.13. The van der Waals surface area contributed by atoms with Crippen molar-refractivity contribution in [3.8, 4) is 0 Å². The highest BCUT2D eigenvalue weighted by Gasteiger charge is 2.43. The molecule has 1 heterocycles. The van der Waals surface area contributed by atoms with Gasteiger partial charge in [-0.3, -0.25) is 4.90 Å². The van der Waals surface area contributed by atoms with Crippen LogP contribution in [0.3, 0.4) is 0 Å². The highest BCUT2D eigenvalue weighted by atomic mass is 15.3. The SMILES string of the molecule is CCC1CCC(N2CC(CC)(CC)NCC2CC)C1C. The minimum Gasteiger partial charge on any atom is -0.308 e. The van der Waals surface area contributed by atoms with Crippen LogP contribution >= 0.6 is 0 Å². The summed E-state index contributed by atoms with van der Waals surface area (Å²) < 4.78 is 0. The van der Waals surface area contributed by atoms with Crippen molar-refractivity contribution in [3.63, 3.8) is 0 Å². The van der Waals surface area contributed by atoms with E-state index in [9.17, 15) is 0 Å². The Kier molecular flexibility index (Phi) is 5.53. The largest absolute Gasteiger partial charge is 0.308 e. The fourth-order valence-corrected chi connectivity index (χ4v) is 4.75. The summed E-state index contributed by atoms with van der Waals surface area (Å²) in [6, 6.07) is 1.59. The van der Waals surface area contributed by atoms with E-state index < -0.39 is 0 Å². The molecule has 1 aliphatic carbocycles. The van der Waals surface area contributed by atoms with Gasteiger partial charge in [0.05, 0.1) is 0 Å². The zero-order valence-corrected chi connectivity index (χ0v) is 14.4. The minimum atomic E-state index is 0.371. The van der Waals surface area contributed by atoms with E-state index in [1.807, 2.05) is 0 Å². The predicted molar refractivity (Wildman–Crippen MR) is 88.1 cm³/mol. The molecule has 1 aliphatic heterocycles. The van der Waals surface area contributed by atoms with Gasteiger partial charge in [0.25, 0.3) is 0 Å². The first kappa shape index (κ1) is 16.3. The Morgan fingerprint density at radius 1 is 1.05 bits per heavy atom. The van der Waals surface area contributed by atoms with Crippen LogP contribution in [-0.2, 0) is 0 Å². The quantitative estimate of drug-likeness (QED) is 0.817. The second-order valence-corrected chi connectivity index (χ2v) is 7.27. The normalized spacial score (nSPS) is 38.2. The zero-order chi connectivity index (χ0) is 14.8. The number of hydrogen-bond acceptors (Lipinski definition) is 2. The lowest BCUT2D eigenvalue weighted by atomic mass is 9.85. The summed E-state index contributed by atoms with van der Waals surface area (Å²) in [4.78, 5) is 2.91. The Hall–Kier alpha value is -0.0800. The second-order valence-electron chi connectivity index (χ2n) is 7.27. The summed E-state index contributed by atoms with van der Waals surface area (Å²) in [6.07, 6.45) is 8.06. The molecule has 4 unspecified atom stereocenters. The third kappa shape index (κ3) is 2.92. The van der Waals surface area contributed by atoms with Crippen molar-refractivity contribution in [3.05, 3.63) is 0 Å². The molecule has 1 saturated carbocycles. The number of nitrogens with one attached hydrogen (secondary N) is 1. The van der Waals surface area contributed by atoms with E-state index in [4.69, 9.17) is 0 Å². The molecule has 2 aliphatic rings. The van der Waals surface area contributed by atoms with Crippen molar-refractivity contribution in [1.29, 1.82) is 0 Å². The lowest BCUT2D eigenvalue weighted by Crippen LogP contribution is -2.66. The van der Waals surface area contributed by atoms with E-state index in [1.54, 1.807) is 0 Å². The van der Waals surface area contributed by atoms with Gasteiger partial charge in [0.2, 0.25) is 0 Å². The van der Waals surface area contributed by atoms with Crippen LogP contribution in [0.15, 0.2) is 0 Å². The van der Waals surface area contributed by atoms with Gasteiger partial charge in [-0.1, -0.05) is 41.0 Å². The zero-order valence-electron chi connectivity index (χ0n) is 14.4. The molecule has 20 heavy (non-hydrogen) atoms. The Bertz CT molecular complexity index is 298. The van der Waals surface area contributed by atoms with Crippen LogP contribution in [0, 0.1) is 11.8 Å². The standard InChI is InChI=1S/C18H36N2/c1-6-15-10-11-17(14(15)5)20-13-18(8-3,9-4)19-12-16(20)7-2/h14-17,19H,6-13H2,1-5H3. The van der Waals surface area contributed by atoms with E-state index in [2.05, 4.69) is 44.8 Å². The van der Waals surface area contributed by atoms with Crippen LogP contribution < -0.4 is 5.32 Å². The molecule has 2 fully saturated rings. The lowest BCUT2D eigenvalue weighted by molar-refractivity contribution is 0.0199. The maximum atomic E-state index is 3.88. The van der Waals surface area contributed by atoms with E-state index in [0.717, 1.165) is 23.9 Å². The van der Waals surface area contributed by atoms with Gasteiger partial charge in [-0.15, -0.1) is 0 Å². The highest BCUT2D eigenvalue weighted by molar-refractivity contribution is 5.01. The molecule has 1 saturated heterocycles. The highest BCUT2D eigenvalue weighted by Crippen LogP contribution is 2.39. The van der Waals surface area contributed by atoms with Gasteiger partial charge in [0.1, 0.15) is 0 Å². The monoisotopic (exact) mass is 280 g/mol. The van der Waals surface area contributed by atoms with E-state index in [0.29, 0.717) is 5.54 Å². The minimum absolute atomic E-state index is 0.371. The fourth-order valence-electron chi connectivity index (χ4n) is 4.75. The molecular formula is C18H36N2. The molecule has 0 aromatic rings. The molecule has 0 radical (unpaired) electrons. The molecule has 0 spiro atoms. The smallest absolute Gasteiger partial charge is 0.0304 e. The van der Waals surface area contributed by atoms with E-state index in [-0.39, 0.29) is 0 Å². The molecule has 2 nitrogen and oxygen atoms in total. The second kappa shape index (κ2) is 6.79. The lowest BCUT2D eigenvalue weighted by Gasteiger charge is -2.51. The molecular weight excluding hydrogens is 244 g/mol. The first-order valence-electron chi connectivity index (χ1n) is 9.11. The fraction of sp³-hybridized carbons (Fsp3) is 1.00. The van der Waals surface area contributed by atoms with Gasteiger partial charge < -0.3 is 5.32 Å². The molecule has 2 heteroatoms. The number of nitrogens with zero attached hydrogens (tertiary/aromatic N) is 1. The average molecular weight is 280 g/mol. The summed E-state index contributed by atoms with van der Waals surface area (Å²) >= 11 is 0. The third-order valence-corrected chi connectivity index (χ3v) is 6.63. The Morgan fingerprint density at radius 2 is 1.75 bits per heavy atom. The van der Waals surface area contributed by atoms with Gasteiger partial charge in [0, 0.05) is 30.7 Å². The maximum absolute atomic E-state index is 3.88. The van der Waals surface area contributed by atoms with Gasteiger partial charge in [-0.05, 0) is 43.9 Å². The van der Waals surface area contributed by atoms with Crippen LogP contribution in [0.2, 0.25) is 0 Å². The Morgan fingerprint density at radius 3 is 2.25 bits per heavy atom. The molecule has 118 valence electrons. The van der Waals surface area contributed by atoms with Crippen LogP contribution in [0.1, 0.15) is 73.1 Å². The number of piperazine rings is 1. The van der Waals surface area contributed by atoms with Gasteiger partial charge in [-0.2, -0.15) is 0 Å². The predicted octanol–water partition coefficient (Wildman–Crippen LogP) is 4.05. The number of hydrogen-bond donors (Lipinski definition) is 1. The van der Waals surface area contributed by atoms with Crippen molar-refractivity contribution >= 4 is 0 Å².